The Kier molecular flexibility index (Phi) is 4.34. The van der Waals surface area contributed by atoms with E-state index in [0.29, 0.717) is 17.3 Å². The summed E-state index contributed by atoms with van der Waals surface area (Å²) >= 11 is 0. The van der Waals surface area contributed by atoms with Crippen LogP contribution in [0.5, 0.6) is 0 Å². The molecule has 118 valence electrons. The van der Waals surface area contributed by atoms with Gasteiger partial charge in [0.05, 0.1) is 17.8 Å². The molecule has 3 aromatic rings. The summed E-state index contributed by atoms with van der Waals surface area (Å²) in [5.74, 6) is 0.950. The van der Waals surface area contributed by atoms with E-state index in [1.807, 2.05) is 30.3 Å². The Bertz CT molecular complexity index is 913. The minimum atomic E-state index is 0.402. The van der Waals surface area contributed by atoms with Crippen molar-refractivity contribution in [1.29, 1.82) is 5.26 Å². The molecule has 1 aromatic heterocycles. The zero-order valence-electron chi connectivity index (χ0n) is 13.4. The van der Waals surface area contributed by atoms with Gasteiger partial charge in [0.15, 0.2) is 5.82 Å². The van der Waals surface area contributed by atoms with Crippen molar-refractivity contribution >= 4 is 23.1 Å². The van der Waals surface area contributed by atoms with Gasteiger partial charge in [0.25, 0.3) is 0 Å². The van der Waals surface area contributed by atoms with Crippen LogP contribution < -0.4 is 10.6 Å². The van der Waals surface area contributed by atoms with Crippen LogP contribution in [0.2, 0.25) is 0 Å². The van der Waals surface area contributed by atoms with Crippen LogP contribution in [0.4, 0.5) is 23.1 Å². The number of benzene rings is 2. The summed E-state index contributed by atoms with van der Waals surface area (Å²) in [7, 11) is 0. The van der Waals surface area contributed by atoms with Gasteiger partial charge in [-0.25, -0.2) is 0 Å². The van der Waals surface area contributed by atoms with Crippen LogP contribution in [0.3, 0.4) is 0 Å². The van der Waals surface area contributed by atoms with Crippen molar-refractivity contribution in [2.75, 3.05) is 10.6 Å². The number of hydrogen-bond acceptors (Lipinski definition) is 6. The lowest BCUT2D eigenvalue weighted by atomic mass is 10.1. The summed E-state index contributed by atoms with van der Waals surface area (Å²) in [6, 6.07) is 15.3. The topological polar surface area (TPSA) is 86.5 Å². The Morgan fingerprint density at radius 1 is 0.958 bits per heavy atom. The van der Waals surface area contributed by atoms with Crippen LogP contribution in [-0.2, 0) is 0 Å². The van der Waals surface area contributed by atoms with Gasteiger partial charge in [-0.1, -0.05) is 12.1 Å². The van der Waals surface area contributed by atoms with Gasteiger partial charge in [-0.3, -0.25) is 0 Å². The number of aryl methyl sites for hydroxylation is 2. The number of nitrogens with one attached hydrogen (secondary N) is 2. The van der Waals surface area contributed by atoms with Crippen molar-refractivity contribution < 1.29 is 0 Å². The van der Waals surface area contributed by atoms with Crippen molar-refractivity contribution in [3.05, 3.63) is 65.4 Å². The molecule has 6 nitrogen and oxygen atoms in total. The van der Waals surface area contributed by atoms with E-state index >= 15 is 0 Å². The first kappa shape index (κ1) is 15.4. The van der Waals surface area contributed by atoms with Crippen molar-refractivity contribution in [2.24, 2.45) is 0 Å². The normalized spacial score (nSPS) is 10.0. The second-order valence-corrected chi connectivity index (χ2v) is 5.41. The maximum Gasteiger partial charge on any atom is 0.249 e. The maximum absolute atomic E-state index is 8.95. The Balaban J connectivity index is 1.78. The molecule has 6 heteroatoms. The first-order valence-corrected chi connectivity index (χ1v) is 7.45. The average Bonchev–Trinajstić information content (AvgIpc) is 2.59. The second kappa shape index (κ2) is 6.75. The molecule has 0 radical (unpaired) electrons. The van der Waals surface area contributed by atoms with Crippen LogP contribution in [0.15, 0.2) is 48.7 Å². The van der Waals surface area contributed by atoms with Crippen molar-refractivity contribution in [3.63, 3.8) is 0 Å². The van der Waals surface area contributed by atoms with Crippen molar-refractivity contribution in [3.8, 4) is 6.07 Å². The van der Waals surface area contributed by atoms with Crippen molar-refractivity contribution in [1.82, 2.24) is 15.2 Å². The molecule has 0 aliphatic heterocycles. The molecule has 0 spiro atoms. The Morgan fingerprint density at radius 3 is 2.58 bits per heavy atom. The Hall–Kier alpha value is -3.46. The molecule has 0 saturated heterocycles. The summed E-state index contributed by atoms with van der Waals surface area (Å²) < 4.78 is 0. The highest BCUT2D eigenvalue weighted by Crippen LogP contribution is 2.19. The van der Waals surface area contributed by atoms with E-state index in [2.05, 4.69) is 45.7 Å². The zero-order chi connectivity index (χ0) is 16.9. The lowest BCUT2D eigenvalue weighted by Gasteiger charge is -2.09. The third-order valence-corrected chi connectivity index (χ3v) is 3.59. The number of nitriles is 1. The third-order valence-electron chi connectivity index (χ3n) is 3.59. The van der Waals surface area contributed by atoms with Gasteiger partial charge in [0.1, 0.15) is 0 Å². The predicted molar refractivity (Wildman–Crippen MR) is 93.5 cm³/mol. The SMILES string of the molecule is Cc1ccc(Nc2nncc(Nc3cccc(C#N)c3)n2)cc1C. The van der Waals surface area contributed by atoms with Crippen LogP contribution in [0.1, 0.15) is 16.7 Å². The molecular weight excluding hydrogens is 300 g/mol. The van der Waals surface area contributed by atoms with Gasteiger partial charge >= 0.3 is 0 Å². The number of hydrogen-bond donors (Lipinski definition) is 2. The molecule has 24 heavy (non-hydrogen) atoms. The number of aromatic nitrogens is 3. The monoisotopic (exact) mass is 316 g/mol. The minimum absolute atomic E-state index is 0.402. The van der Waals surface area contributed by atoms with E-state index in [9.17, 15) is 0 Å². The molecule has 0 bridgehead atoms. The van der Waals surface area contributed by atoms with Gasteiger partial charge in [0, 0.05) is 11.4 Å². The quantitative estimate of drug-likeness (QED) is 0.760. The van der Waals surface area contributed by atoms with E-state index in [4.69, 9.17) is 5.26 Å². The van der Waals surface area contributed by atoms with E-state index in [1.165, 1.54) is 17.3 Å². The molecule has 0 fully saturated rings. The second-order valence-electron chi connectivity index (χ2n) is 5.41. The summed E-state index contributed by atoms with van der Waals surface area (Å²) in [6.07, 6.45) is 1.53. The highest BCUT2D eigenvalue weighted by atomic mass is 15.3. The lowest BCUT2D eigenvalue weighted by Crippen LogP contribution is -2.02. The Labute approximate surface area is 140 Å². The van der Waals surface area contributed by atoms with E-state index in [1.54, 1.807) is 12.1 Å². The van der Waals surface area contributed by atoms with Crippen LogP contribution in [-0.4, -0.2) is 15.2 Å². The highest BCUT2D eigenvalue weighted by molar-refractivity contribution is 5.60. The van der Waals surface area contributed by atoms with Gasteiger partial charge < -0.3 is 10.6 Å². The number of anilines is 4. The number of nitrogens with zero attached hydrogens (tertiary/aromatic N) is 4. The molecular formula is C18H16N6. The molecule has 0 aliphatic rings. The van der Waals surface area contributed by atoms with Crippen LogP contribution >= 0.6 is 0 Å². The molecule has 0 saturated carbocycles. The fourth-order valence-corrected chi connectivity index (χ4v) is 2.18. The third kappa shape index (κ3) is 3.65. The Morgan fingerprint density at radius 2 is 1.79 bits per heavy atom. The van der Waals surface area contributed by atoms with E-state index in [-0.39, 0.29) is 0 Å². The van der Waals surface area contributed by atoms with Gasteiger partial charge in [-0.2, -0.15) is 15.3 Å². The summed E-state index contributed by atoms with van der Waals surface area (Å²) in [6.45, 7) is 4.12. The van der Waals surface area contributed by atoms with Crippen molar-refractivity contribution in [2.45, 2.75) is 13.8 Å². The molecule has 0 atom stereocenters. The van der Waals surface area contributed by atoms with Crippen LogP contribution in [0.25, 0.3) is 0 Å². The average molecular weight is 316 g/mol. The molecule has 2 aromatic carbocycles. The van der Waals surface area contributed by atoms with E-state index < -0.39 is 0 Å². The standard InChI is InChI=1S/C18H16N6/c1-12-6-7-16(8-13(12)2)22-18-23-17(11-20-24-18)21-15-5-3-4-14(9-15)10-19/h3-9,11H,1-2H3,(H2,21,22,23,24). The lowest BCUT2D eigenvalue weighted by molar-refractivity contribution is 0.982. The predicted octanol–water partition coefficient (Wildman–Crippen LogP) is 3.85. The fourth-order valence-electron chi connectivity index (χ4n) is 2.18. The van der Waals surface area contributed by atoms with Crippen LogP contribution in [0, 0.1) is 25.2 Å². The molecule has 2 N–H and O–H groups in total. The largest absolute Gasteiger partial charge is 0.339 e. The highest BCUT2D eigenvalue weighted by Gasteiger charge is 2.04. The molecule has 1 heterocycles. The van der Waals surface area contributed by atoms with Gasteiger partial charge in [0.2, 0.25) is 5.95 Å². The summed E-state index contributed by atoms with van der Waals surface area (Å²) in [5.41, 5.74) is 4.67. The molecule has 0 unspecified atom stereocenters. The molecule has 0 aliphatic carbocycles. The number of rotatable bonds is 4. The fraction of sp³-hybridized carbons (Fsp3) is 0.111. The zero-order valence-corrected chi connectivity index (χ0v) is 13.4. The summed E-state index contributed by atoms with van der Waals surface area (Å²) in [5, 5.41) is 23.2. The van der Waals surface area contributed by atoms with Gasteiger partial charge in [-0.05, 0) is 55.3 Å². The summed E-state index contributed by atoms with van der Waals surface area (Å²) in [4.78, 5) is 4.39. The molecule has 3 rings (SSSR count). The smallest absolute Gasteiger partial charge is 0.249 e. The van der Waals surface area contributed by atoms with E-state index in [0.717, 1.165) is 11.4 Å². The maximum atomic E-state index is 8.95. The first-order valence-electron chi connectivity index (χ1n) is 7.45. The minimum Gasteiger partial charge on any atom is -0.339 e. The molecule has 0 amide bonds. The first-order chi connectivity index (χ1) is 11.6. The van der Waals surface area contributed by atoms with Gasteiger partial charge in [-0.15, -0.1) is 5.10 Å².